The van der Waals surface area contributed by atoms with Crippen LogP contribution in [0, 0.1) is 6.92 Å². The Morgan fingerprint density at radius 1 is 1.36 bits per heavy atom. The van der Waals surface area contributed by atoms with Crippen molar-refractivity contribution in [1.82, 2.24) is 20.0 Å². The van der Waals surface area contributed by atoms with Crippen LogP contribution in [0.2, 0.25) is 5.15 Å². The van der Waals surface area contributed by atoms with Crippen LogP contribution < -0.4 is 0 Å². The SMILES string of the molecule is Cc1cnn(Cc2ccc(Cl)nn2)c1. The van der Waals surface area contributed by atoms with Gasteiger partial charge in [0.2, 0.25) is 0 Å². The van der Waals surface area contributed by atoms with E-state index in [2.05, 4.69) is 15.3 Å². The quantitative estimate of drug-likeness (QED) is 0.754. The molecule has 4 nitrogen and oxygen atoms in total. The van der Waals surface area contributed by atoms with Crippen LogP contribution in [-0.2, 0) is 6.54 Å². The van der Waals surface area contributed by atoms with E-state index in [1.807, 2.05) is 30.1 Å². The molecule has 0 saturated heterocycles. The third-order valence-corrected chi connectivity index (χ3v) is 1.98. The molecule has 0 aromatic carbocycles. The highest BCUT2D eigenvalue weighted by atomic mass is 35.5. The summed E-state index contributed by atoms with van der Waals surface area (Å²) in [5, 5.41) is 12.3. The lowest BCUT2D eigenvalue weighted by molar-refractivity contribution is 0.663. The highest BCUT2D eigenvalue weighted by Crippen LogP contribution is 2.04. The van der Waals surface area contributed by atoms with Gasteiger partial charge in [0, 0.05) is 6.20 Å². The third kappa shape index (κ3) is 2.09. The van der Waals surface area contributed by atoms with Crippen molar-refractivity contribution in [2.24, 2.45) is 0 Å². The van der Waals surface area contributed by atoms with Gasteiger partial charge in [-0.25, -0.2) is 0 Å². The van der Waals surface area contributed by atoms with E-state index in [0.717, 1.165) is 11.3 Å². The summed E-state index contributed by atoms with van der Waals surface area (Å²) in [5.41, 5.74) is 1.98. The Labute approximate surface area is 86.5 Å². The molecule has 5 heteroatoms. The second kappa shape index (κ2) is 3.75. The fraction of sp³-hybridized carbons (Fsp3) is 0.222. The average Bonchev–Trinajstić information content (AvgIpc) is 2.56. The number of rotatable bonds is 2. The summed E-state index contributed by atoms with van der Waals surface area (Å²) >= 11 is 5.62. The first-order chi connectivity index (χ1) is 6.74. The van der Waals surface area contributed by atoms with E-state index in [4.69, 9.17) is 11.6 Å². The van der Waals surface area contributed by atoms with Gasteiger partial charge >= 0.3 is 0 Å². The molecular formula is C9H9ClN4. The van der Waals surface area contributed by atoms with E-state index in [-0.39, 0.29) is 0 Å². The number of hydrogen-bond acceptors (Lipinski definition) is 3. The van der Waals surface area contributed by atoms with Gasteiger partial charge in [-0.05, 0) is 24.6 Å². The molecule has 2 aromatic rings. The molecule has 72 valence electrons. The summed E-state index contributed by atoms with van der Waals surface area (Å²) < 4.78 is 1.81. The Morgan fingerprint density at radius 3 is 2.79 bits per heavy atom. The predicted molar refractivity (Wildman–Crippen MR) is 53.1 cm³/mol. The summed E-state index contributed by atoms with van der Waals surface area (Å²) in [5.74, 6) is 0. The maximum absolute atomic E-state index is 5.62. The molecule has 0 spiro atoms. The normalized spacial score (nSPS) is 10.4. The second-order valence-corrected chi connectivity index (χ2v) is 3.45. The van der Waals surface area contributed by atoms with Crippen molar-refractivity contribution >= 4 is 11.6 Å². The van der Waals surface area contributed by atoms with Crippen molar-refractivity contribution < 1.29 is 0 Å². The summed E-state index contributed by atoms with van der Waals surface area (Å²) in [6.07, 6.45) is 3.76. The minimum absolute atomic E-state index is 0.408. The van der Waals surface area contributed by atoms with Crippen molar-refractivity contribution in [2.45, 2.75) is 13.5 Å². The molecule has 0 radical (unpaired) electrons. The van der Waals surface area contributed by atoms with Crippen molar-refractivity contribution in [3.63, 3.8) is 0 Å². The summed E-state index contributed by atoms with van der Waals surface area (Å²) in [6, 6.07) is 3.56. The van der Waals surface area contributed by atoms with E-state index < -0.39 is 0 Å². The maximum Gasteiger partial charge on any atom is 0.151 e. The zero-order valence-electron chi connectivity index (χ0n) is 7.68. The first-order valence-electron chi connectivity index (χ1n) is 4.21. The molecule has 0 unspecified atom stereocenters. The van der Waals surface area contributed by atoms with Crippen LogP contribution in [0.15, 0.2) is 24.5 Å². The van der Waals surface area contributed by atoms with Crippen LogP contribution in [0.3, 0.4) is 0 Å². The van der Waals surface area contributed by atoms with Gasteiger partial charge in [-0.3, -0.25) is 4.68 Å². The van der Waals surface area contributed by atoms with Gasteiger partial charge in [0.15, 0.2) is 5.15 Å². The van der Waals surface area contributed by atoms with E-state index in [1.165, 1.54) is 0 Å². The molecule has 0 aliphatic heterocycles. The van der Waals surface area contributed by atoms with E-state index in [9.17, 15) is 0 Å². The first-order valence-corrected chi connectivity index (χ1v) is 4.59. The summed E-state index contributed by atoms with van der Waals surface area (Å²) in [6.45, 7) is 2.62. The first kappa shape index (κ1) is 9.15. The minimum atomic E-state index is 0.408. The smallest absolute Gasteiger partial charge is 0.151 e. The van der Waals surface area contributed by atoms with Crippen LogP contribution in [0.4, 0.5) is 0 Å². The zero-order chi connectivity index (χ0) is 9.97. The predicted octanol–water partition coefficient (Wildman–Crippen LogP) is 1.68. The number of halogens is 1. The lowest BCUT2D eigenvalue weighted by atomic mass is 10.4. The standard InChI is InChI=1S/C9H9ClN4/c1-7-4-11-14(5-7)6-8-2-3-9(10)13-12-8/h2-5H,6H2,1H3. The van der Waals surface area contributed by atoms with Gasteiger partial charge in [0.05, 0.1) is 18.4 Å². The van der Waals surface area contributed by atoms with Gasteiger partial charge in [-0.1, -0.05) is 11.6 Å². The molecule has 0 aliphatic rings. The lowest BCUT2D eigenvalue weighted by Crippen LogP contribution is -2.02. The summed E-state index contributed by atoms with van der Waals surface area (Å²) in [4.78, 5) is 0. The molecule has 0 aliphatic carbocycles. The third-order valence-electron chi connectivity index (χ3n) is 1.77. The molecule has 2 rings (SSSR count). The number of aryl methyl sites for hydroxylation is 1. The molecule has 0 fully saturated rings. The maximum atomic E-state index is 5.62. The Hall–Kier alpha value is -1.42. The van der Waals surface area contributed by atoms with Gasteiger partial charge in [0.1, 0.15) is 0 Å². The second-order valence-electron chi connectivity index (χ2n) is 3.06. The Bertz CT molecular complexity index is 421. The van der Waals surface area contributed by atoms with Crippen LogP contribution in [0.25, 0.3) is 0 Å². The van der Waals surface area contributed by atoms with Crippen molar-refractivity contribution in [3.05, 3.63) is 40.9 Å². The molecule has 0 amide bonds. The van der Waals surface area contributed by atoms with Crippen molar-refractivity contribution in [2.75, 3.05) is 0 Å². The molecule has 0 bridgehead atoms. The Balaban J connectivity index is 2.15. The van der Waals surface area contributed by atoms with Gasteiger partial charge in [0.25, 0.3) is 0 Å². The number of hydrogen-bond donors (Lipinski definition) is 0. The largest absolute Gasteiger partial charge is 0.266 e. The Morgan fingerprint density at radius 2 is 2.21 bits per heavy atom. The molecule has 2 aromatic heterocycles. The van der Waals surface area contributed by atoms with Gasteiger partial charge in [-0.2, -0.15) is 10.2 Å². The molecule has 0 saturated carbocycles. The average molecular weight is 209 g/mol. The zero-order valence-corrected chi connectivity index (χ0v) is 8.44. The van der Waals surface area contributed by atoms with Crippen LogP contribution in [0.1, 0.15) is 11.3 Å². The fourth-order valence-electron chi connectivity index (χ4n) is 1.15. The van der Waals surface area contributed by atoms with Crippen LogP contribution in [0.5, 0.6) is 0 Å². The van der Waals surface area contributed by atoms with Crippen LogP contribution >= 0.6 is 11.6 Å². The van der Waals surface area contributed by atoms with Crippen molar-refractivity contribution in [1.29, 1.82) is 0 Å². The minimum Gasteiger partial charge on any atom is -0.266 e. The lowest BCUT2D eigenvalue weighted by Gasteiger charge is -1.99. The van der Waals surface area contributed by atoms with Crippen molar-refractivity contribution in [3.8, 4) is 0 Å². The number of aromatic nitrogens is 4. The number of nitrogens with zero attached hydrogens (tertiary/aromatic N) is 4. The highest BCUT2D eigenvalue weighted by molar-refractivity contribution is 6.29. The molecule has 14 heavy (non-hydrogen) atoms. The van der Waals surface area contributed by atoms with Gasteiger partial charge in [-0.15, -0.1) is 5.10 Å². The fourth-order valence-corrected chi connectivity index (χ4v) is 1.25. The van der Waals surface area contributed by atoms with Gasteiger partial charge < -0.3 is 0 Å². The summed E-state index contributed by atoms with van der Waals surface area (Å²) in [7, 11) is 0. The Kier molecular flexibility index (Phi) is 2.45. The monoisotopic (exact) mass is 208 g/mol. The highest BCUT2D eigenvalue weighted by Gasteiger charge is 1.98. The molecular weight excluding hydrogens is 200 g/mol. The van der Waals surface area contributed by atoms with E-state index in [0.29, 0.717) is 11.7 Å². The topological polar surface area (TPSA) is 43.6 Å². The van der Waals surface area contributed by atoms with Crippen LogP contribution in [-0.4, -0.2) is 20.0 Å². The molecule has 0 atom stereocenters. The molecule has 0 N–H and O–H groups in total. The molecule has 2 heterocycles. The van der Waals surface area contributed by atoms with E-state index in [1.54, 1.807) is 6.07 Å². The van der Waals surface area contributed by atoms with E-state index >= 15 is 0 Å².